The molecule has 0 amide bonds. The maximum Gasteiger partial charge on any atom is 0.423 e. The zero-order valence-corrected chi connectivity index (χ0v) is 22.5. The lowest BCUT2D eigenvalue weighted by Gasteiger charge is -2.19. The fourth-order valence-electron chi connectivity index (χ4n) is 3.91. The molecule has 1 aromatic heterocycles. The minimum Gasteiger partial charge on any atom is -0.459 e. The molecule has 1 aliphatic carbocycles. The second-order valence-electron chi connectivity index (χ2n) is 8.95. The van der Waals surface area contributed by atoms with Gasteiger partial charge in [0, 0.05) is 12.6 Å². The Kier molecular flexibility index (Phi) is 8.30. The normalized spacial score (nSPS) is 24.6. The first-order valence-corrected chi connectivity index (χ1v) is 12.7. The summed E-state index contributed by atoms with van der Waals surface area (Å²) >= 11 is 2.19. The molecular weight excluding hydrogens is 636 g/mol. The molecule has 4 atom stereocenters. The van der Waals surface area contributed by atoms with E-state index < -0.39 is 60.0 Å². The maximum absolute atomic E-state index is 13.3. The number of halogens is 4. The number of hydrogen-bond donors (Lipinski definition) is 1. The van der Waals surface area contributed by atoms with Crippen molar-refractivity contribution in [3.63, 3.8) is 0 Å². The monoisotopic (exact) mass is 658 g/mol. The molecule has 2 aliphatic rings. The molecule has 1 saturated heterocycles. The molecule has 2 heterocycles. The van der Waals surface area contributed by atoms with Crippen molar-refractivity contribution in [2.45, 2.75) is 41.4 Å². The fraction of sp³-hybridized carbons (Fsp3) is 0.308. The number of hydrogen-bond acceptors (Lipinski definition) is 7. The van der Waals surface area contributed by atoms with E-state index in [4.69, 9.17) is 14.2 Å². The van der Waals surface area contributed by atoms with Gasteiger partial charge in [0.1, 0.15) is 30.6 Å². The van der Waals surface area contributed by atoms with Crippen molar-refractivity contribution in [3.8, 4) is 0 Å². The van der Waals surface area contributed by atoms with E-state index in [0.717, 1.165) is 0 Å². The molecule has 0 spiro atoms. The Morgan fingerprint density at radius 2 is 1.90 bits per heavy atom. The zero-order chi connectivity index (χ0) is 28.4. The highest BCUT2D eigenvalue weighted by Crippen LogP contribution is 2.33. The van der Waals surface area contributed by atoms with E-state index in [0.29, 0.717) is 10.8 Å². The van der Waals surface area contributed by atoms with E-state index in [9.17, 15) is 32.3 Å². The van der Waals surface area contributed by atoms with Crippen molar-refractivity contribution in [1.29, 1.82) is 0 Å². The summed E-state index contributed by atoms with van der Waals surface area (Å²) in [5.74, 6) is -1.45. The number of nitrogens with zero attached hydrogens (tertiary/aromatic N) is 1. The third-order valence-electron chi connectivity index (χ3n) is 5.93. The highest BCUT2D eigenvalue weighted by Gasteiger charge is 2.42. The summed E-state index contributed by atoms with van der Waals surface area (Å²) < 4.78 is 56.8. The predicted octanol–water partition coefficient (Wildman–Crippen LogP) is 3.86. The van der Waals surface area contributed by atoms with Gasteiger partial charge in [0.05, 0.1) is 14.6 Å². The zero-order valence-electron chi connectivity index (χ0n) is 20.3. The Labute approximate surface area is 233 Å². The molecule has 2 unspecified atom stereocenters. The number of nitrogens with one attached hydrogen (secondary N) is 1. The van der Waals surface area contributed by atoms with Crippen LogP contribution in [0.5, 0.6) is 0 Å². The van der Waals surface area contributed by atoms with Gasteiger partial charge >= 0.3 is 23.8 Å². The molecule has 0 saturated carbocycles. The van der Waals surface area contributed by atoms with Crippen LogP contribution in [-0.4, -0.2) is 43.7 Å². The van der Waals surface area contributed by atoms with Gasteiger partial charge < -0.3 is 14.2 Å². The van der Waals surface area contributed by atoms with E-state index >= 15 is 0 Å². The largest absolute Gasteiger partial charge is 0.459 e. The van der Waals surface area contributed by atoms with Crippen molar-refractivity contribution in [2.75, 3.05) is 6.61 Å². The number of H-pyrrole nitrogens is 1. The number of aromatic nitrogens is 2. The molecule has 4 rings (SSSR count). The molecule has 39 heavy (non-hydrogen) atoms. The van der Waals surface area contributed by atoms with Gasteiger partial charge in [0.2, 0.25) is 0 Å². The average molecular weight is 658 g/mol. The van der Waals surface area contributed by atoms with E-state index in [2.05, 4.69) is 22.6 Å². The summed E-state index contributed by atoms with van der Waals surface area (Å²) in [6.07, 6.45) is 0.0446. The fourth-order valence-corrected chi connectivity index (χ4v) is 4.29. The van der Waals surface area contributed by atoms with Crippen LogP contribution >= 0.6 is 22.6 Å². The molecule has 0 bridgehead atoms. The number of ether oxygens (including phenoxy) is 3. The van der Waals surface area contributed by atoms with Gasteiger partial charge in [-0.3, -0.25) is 14.3 Å². The SMILES string of the molecule is CC1(I)C=CC=C(C(=O)OC[C@H]2O[C@H](n3cc(C(F)(F)F)c(=O)[nH]c3=O)CC2OC(=O)c2ccccc2)C=C1. The summed E-state index contributed by atoms with van der Waals surface area (Å²) in [7, 11) is 0. The number of alkyl halides is 4. The van der Waals surface area contributed by atoms with Crippen LogP contribution in [0.4, 0.5) is 13.2 Å². The van der Waals surface area contributed by atoms with Crippen molar-refractivity contribution >= 4 is 34.5 Å². The molecular formula is C26H22F3IN2O7. The number of aromatic amines is 1. The summed E-state index contributed by atoms with van der Waals surface area (Å²) in [5.41, 5.74) is -3.89. The second kappa shape index (κ2) is 11.3. The molecule has 206 valence electrons. The minimum atomic E-state index is -5.03. The van der Waals surface area contributed by atoms with Crippen molar-refractivity contribution in [1.82, 2.24) is 9.55 Å². The van der Waals surface area contributed by atoms with Gasteiger partial charge in [-0.1, -0.05) is 65.1 Å². The van der Waals surface area contributed by atoms with Crippen LogP contribution in [-0.2, 0) is 25.2 Å². The number of carbonyl (C=O) groups is 2. The quantitative estimate of drug-likeness (QED) is 0.285. The predicted molar refractivity (Wildman–Crippen MR) is 140 cm³/mol. The molecule has 1 fully saturated rings. The van der Waals surface area contributed by atoms with Crippen LogP contribution in [0, 0.1) is 0 Å². The number of rotatable bonds is 6. The van der Waals surface area contributed by atoms with Crippen molar-refractivity contribution in [3.05, 3.63) is 104 Å². The van der Waals surface area contributed by atoms with Crippen LogP contribution in [0.3, 0.4) is 0 Å². The summed E-state index contributed by atoms with van der Waals surface area (Å²) in [6, 6.07) is 7.94. The molecule has 2 aromatic rings. The number of benzene rings is 1. The third kappa shape index (κ3) is 6.95. The van der Waals surface area contributed by atoms with Gasteiger partial charge in [-0.25, -0.2) is 14.4 Å². The Morgan fingerprint density at radius 1 is 1.18 bits per heavy atom. The topological polar surface area (TPSA) is 117 Å². The second-order valence-corrected chi connectivity index (χ2v) is 11.3. The van der Waals surface area contributed by atoms with Crippen LogP contribution in [0.25, 0.3) is 0 Å². The van der Waals surface area contributed by atoms with Crippen LogP contribution in [0.2, 0.25) is 0 Å². The Hall–Kier alpha value is -3.46. The van der Waals surface area contributed by atoms with Gasteiger partial charge in [-0.15, -0.1) is 0 Å². The minimum absolute atomic E-state index is 0.208. The lowest BCUT2D eigenvalue weighted by molar-refractivity contribution is -0.146. The number of allylic oxidation sites excluding steroid dienone is 4. The van der Waals surface area contributed by atoms with Crippen LogP contribution in [0.15, 0.2) is 82.1 Å². The van der Waals surface area contributed by atoms with Gasteiger partial charge in [0.15, 0.2) is 0 Å². The molecule has 9 nitrogen and oxygen atoms in total. The number of esters is 2. The highest BCUT2D eigenvalue weighted by molar-refractivity contribution is 14.1. The lowest BCUT2D eigenvalue weighted by atomic mass is 10.1. The van der Waals surface area contributed by atoms with Crippen molar-refractivity contribution < 1.29 is 37.0 Å². The maximum atomic E-state index is 13.3. The first-order valence-electron chi connectivity index (χ1n) is 11.6. The third-order valence-corrected chi connectivity index (χ3v) is 6.65. The number of carbonyl (C=O) groups excluding carboxylic acids is 2. The highest BCUT2D eigenvalue weighted by atomic mass is 127. The first kappa shape index (κ1) is 28.5. The Balaban J connectivity index is 1.57. The van der Waals surface area contributed by atoms with Crippen molar-refractivity contribution in [2.24, 2.45) is 0 Å². The smallest absolute Gasteiger partial charge is 0.423 e. The first-order chi connectivity index (χ1) is 18.3. The van der Waals surface area contributed by atoms with E-state index in [1.807, 2.05) is 13.0 Å². The summed E-state index contributed by atoms with van der Waals surface area (Å²) in [4.78, 5) is 51.1. The van der Waals surface area contributed by atoms with Gasteiger partial charge in [-0.2, -0.15) is 13.2 Å². The standard InChI is InChI=1S/C26H22F3IN2O7/c1-25(30)10-5-8-16(9-11-25)22(34)37-14-19-18(39-23(35)15-6-3-2-4-7-15)12-20(38-19)32-13-17(26(27,28)29)21(33)31-24(32)36/h2-11,13,18-20H,12,14H2,1H3,(H,31,33,36)/t18?,19-,20+,25?/m1/s1. The van der Waals surface area contributed by atoms with E-state index in [1.165, 1.54) is 12.1 Å². The lowest BCUT2D eigenvalue weighted by Crippen LogP contribution is -2.36. The Bertz CT molecular complexity index is 1460. The summed E-state index contributed by atoms with van der Waals surface area (Å²) in [5, 5.41) is 0. The molecule has 0 radical (unpaired) electrons. The van der Waals surface area contributed by atoms with Gasteiger partial charge in [-0.05, 0) is 25.1 Å². The molecule has 13 heteroatoms. The van der Waals surface area contributed by atoms with E-state index in [-0.39, 0.29) is 21.0 Å². The molecule has 1 N–H and O–H groups in total. The Morgan fingerprint density at radius 3 is 2.59 bits per heavy atom. The van der Waals surface area contributed by atoms with Crippen LogP contribution in [0.1, 0.15) is 35.5 Å². The summed E-state index contributed by atoms with van der Waals surface area (Å²) in [6.45, 7) is 1.51. The average Bonchev–Trinajstić information content (AvgIpc) is 3.16. The van der Waals surface area contributed by atoms with Crippen LogP contribution < -0.4 is 11.2 Å². The van der Waals surface area contributed by atoms with Gasteiger partial charge in [0.25, 0.3) is 5.56 Å². The molecule has 1 aliphatic heterocycles. The van der Waals surface area contributed by atoms with E-state index in [1.54, 1.807) is 47.5 Å². The molecule has 1 aromatic carbocycles.